The summed E-state index contributed by atoms with van der Waals surface area (Å²) in [4.78, 5) is 12.4. The Hall–Kier alpha value is -1.51. The van der Waals surface area contributed by atoms with E-state index in [1.807, 2.05) is 12.1 Å². The third-order valence-electron chi connectivity index (χ3n) is 2.73. The second-order valence-corrected chi connectivity index (χ2v) is 3.69. The highest BCUT2D eigenvalue weighted by atomic mass is 16.3. The van der Waals surface area contributed by atoms with Crippen molar-refractivity contribution in [1.29, 1.82) is 0 Å². The topological polar surface area (TPSA) is 40.5 Å². The van der Waals surface area contributed by atoms with Crippen molar-refractivity contribution in [2.45, 2.75) is 26.7 Å². The van der Waals surface area contributed by atoms with E-state index in [-0.39, 0.29) is 5.75 Å². The maximum absolute atomic E-state index is 10.3. The Morgan fingerprint density at radius 2 is 2.00 bits per heavy atom. The van der Waals surface area contributed by atoms with Gasteiger partial charge in [0.25, 0.3) is 0 Å². The van der Waals surface area contributed by atoms with Crippen LogP contribution in [0.2, 0.25) is 0 Å². The first-order chi connectivity index (χ1) is 7.72. The van der Waals surface area contributed by atoms with Crippen LogP contribution >= 0.6 is 0 Å². The van der Waals surface area contributed by atoms with Gasteiger partial charge in [-0.3, -0.25) is 0 Å². The molecule has 0 aromatic heterocycles. The smallest absolute Gasteiger partial charge is 0.120 e. The molecule has 0 saturated carbocycles. The van der Waals surface area contributed by atoms with Crippen LogP contribution in [0.5, 0.6) is 5.75 Å². The summed E-state index contributed by atoms with van der Waals surface area (Å²) >= 11 is 0. The molecule has 0 saturated heterocycles. The van der Waals surface area contributed by atoms with Gasteiger partial charge < -0.3 is 14.8 Å². The quantitative estimate of drug-likeness (QED) is 0.750. The Kier molecular flexibility index (Phi) is 4.83. The molecule has 0 atom stereocenters. The minimum absolute atomic E-state index is 0.284. The van der Waals surface area contributed by atoms with Crippen LogP contribution < -0.4 is 4.90 Å². The van der Waals surface area contributed by atoms with E-state index in [9.17, 15) is 9.90 Å². The third kappa shape index (κ3) is 2.99. The zero-order chi connectivity index (χ0) is 12.0. The van der Waals surface area contributed by atoms with Gasteiger partial charge in [-0.1, -0.05) is 6.07 Å². The van der Waals surface area contributed by atoms with E-state index < -0.39 is 0 Å². The molecule has 0 aliphatic heterocycles. The fourth-order valence-corrected chi connectivity index (χ4v) is 1.76. The lowest BCUT2D eigenvalue weighted by Crippen LogP contribution is -2.21. The highest BCUT2D eigenvalue weighted by Gasteiger charge is 2.06. The van der Waals surface area contributed by atoms with Crippen LogP contribution in [0, 0.1) is 0 Å². The standard InChI is InChI=1S/C13H19NO2/c1-3-14(4-2)12-8-7-11(6-5-9-15)13(16)10-12/h7-10,16H,3-6H2,1-2H3. The average Bonchev–Trinajstić information content (AvgIpc) is 2.29. The van der Waals surface area contributed by atoms with Crippen molar-refractivity contribution in [3.05, 3.63) is 23.8 Å². The maximum atomic E-state index is 10.3. The van der Waals surface area contributed by atoms with Crippen LogP contribution in [0.15, 0.2) is 18.2 Å². The van der Waals surface area contributed by atoms with Gasteiger partial charge in [-0.15, -0.1) is 0 Å². The molecule has 0 aliphatic carbocycles. The molecular weight excluding hydrogens is 202 g/mol. The summed E-state index contributed by atoms with van der Waals surface area (Å²) in [5.74, 6) is 0.284. The number of benzene rings is 1. The molecule has 0 amide bonds. The molecular formula is C13H19NO2. The summed E-state index contributed by atoms with van der Waals surface area (Å²) in [5.41, 5.74) is 1.86. The van der Waals surface area contributed by atoms with Crippen LogP contribution in [0.3, 0.4) is 0 Å². The second kappa shape index (κ2) is 6.16. The number of nitrogens with zero attached hydrogens (tertiary/aromatic N) is 1. The molecule has 88 valence electrons. The molecule has 0 unspecified atom stereocenters. The lowest BCUT2D eigenvalue weighted by molar-refractivity contribution is -0.107. The van der Waals surface area contributed by atoms with E-state index in [4.69, 9.17) is 0 Å². The second-order valence-electron chi connectivity index (χ2n) is 3.69. The normalized spacial score (nSPS) is 10.1. The summed E-state index contributed by atoms with van der Waals surface area (Å²) in [6, 6.07) is 5.66. The minimum Gasteiger partial charge on any atom is -0.508 e. The Labute approximate surface area is 96.7 Å². The SMILES string of the molecule is CCN(CC)c1ccc(CCC=O)c(O)c1. The number of carbonyl (C=O) groups is 1. The van der Waals surface area contributed by atoms with Crippen molar-refractivity contribution in [1.82, 2.24) is 0 Å². The number of aryl methyl sites for hydroxylation is 1. The van der Waals surface area contributed by atoms with E-state index in [0.29, 0.717) is 12.8 Å². The fourth-order valence-electron chi connectivity index (χ4n) is 1.76. The fraction of sp³-hybridized carbons (Fsp3) is 0.462. The third-order valence-corrected chi connectivity index (χ3v) is 2.73. The zero-order valence-electron chi connectivity index (χ0n) is 9.94. The number of aromatic hydroxyl groups is 1. The number of phenolic OH excluding ortho intramolecular Hbond substituents is 1. The van der Waals surface area contributed by atoms with E-state index in [0.717, 1.165) is 30.6 Å². The number of rotatable bonds is 6. The molecule has 1 rings (SSSR count). The van der Waals surface area contributed by atoms with Crippen LogP contribution in [0.1, 0.15) is 25.8 Å². The van der Waals surface area contributed by atoms with Gasteiger partial charge in [-0.25, -0.2) is 0 Å². The van der Waals surface area contributed by atoms with Crippen molar-refractivity contribution in [3.63, 3.8) is 0 Å². The van der Waals surface area contributed by atoms with Crippen molar-refractivity contribution in [2.24, 2.45) is 0 Å². The lowest BCUT2D eigenvalue weighted by atomic mass is 10.1. The molecule has 0 bridgehead atoms. The zero-order valence-corrected chi connectivity index (χ0v) is 9.94. The number of phenols is 1. The predicted molar refractivity (Wildman–Crippen MR) is 66.1 cm³/mol. The van der Waals surface area contributed by atoms with Gasteiger partial charge in [0.2, 0.25) is 0 Å². The van der Waals surface area contributed by atoms with E-state index in [1.165, 1.54) is 0 Å². The van der Waals surface area contributed by atoms with Gasteiger partial charge in [0.15, 0.2) is 0 Å². The Morgan fingerprint density at radius 1 is 1.31 bits per heavy atom. The number of hydrogen-bond donors (Lipinski definition) is 1. The van der Waals surface area contributed by atoms with Gasteiger partial charge in [0, 0.05) is 31.3 Å². The summed E-state index contributed by atoms with van der Waals surface area (Å²) in [6.07, 6.45) is 1.93. The van der Waals surface area contributed by atoms with Gasteiger partial charge in [-0.2, -0.15) is 0 Å². The molecule has 0 fully saturated rings. The molecule has 16 heavy (non-hydrogen) atoms. The van der Waals surface area contributed by atoms with Crippen LogP contribution in [0.4, 0.5) is 5.69 Å². The molecule has 1 N–H and O–H groups in total. The average molecular weight is 221 g/mol. The highest BCUT2D eigenvalue weighted by molar-refractivity contribution is 5.55. The van der Waals surface area contributed by atoms with Crippen molar-refractivity contribution in [2.75, 3.05) is 18.0 Å². The van der Waals surface area contributed by atoms with Gasteiger partial charge in [0.05, 0.1) is 0 Å². The molecule has 0 aliphatic rings. The largest absolute Gasteiger partial charge is 0.508 e. The Balaban J connectivity index is 2.85. The van der Waals surface area contributed by atoms with Crippen LogP contribution in [-0.4, -0.2) is 24.5 Å². The predicted octanol–water partition coefficient (Wildman–Crippen LogP) is 2.37. The van der Waals surface area contributed by atoms with Gasteiger partial charge in [-0.05, 0) is 31.9 Å². The number of anilines is 1. The van der Waals surface area contributed by atoms with Crippen molar-refractivity contribution >= 4 is 12.0 Å². The first kappa shape index (κ1) is 12.6. The molecule has 0 radical (unpaired) electrons. The molecule has 3 nitrogen and oxygen atoms in total. The monoisotopic (exact) mass is 221 g/mol. The van der Waals surface area contributed by atoms with Crippen LogP contribution in [0.25, 0.3) is 0 Å². The lowest BCUT2D eigenvalue weighted by Gasteiger charge is -2.21. The Morgan fingerprint density at radius 3 is 2.50 bits per heavy atom. The minimum atomic E-state index is 0.284. The van der Waals surface area contributed by atoms with Gasteiger partial charge >= 0.3 is 0 Å². The number of carbonyl (C=O) groups excluding carboxylic acids is 1. The molecule has 3 heteroatoms. The summed E-state index contributed by atoms with van der Waals surface area (Å²) in [6.45, 7) is 6.01. The van der Waals surface area contributed by atoms with Crippen LogP contribution in [-0.2, 0) is 11.2 Å². The summed E-state index contributed by atoms with van der Waals surface area (Å²) in [5, 5.41) is 9.82. The number of hydrogen-bond acceptors (Lipinski definition) is 3. The van der Waals surface area contributed by atoms with Gasteiger partial charge in [0.1, 0.15) is 12.0 Å². The first-order valence-electron chi connectivity index (χ1n) is 5.73. The summed E-state index contributed by atoms with van der Waals surface area (Å²) in [7, 11) is 0. The summed E-state index contributed by atoms with van der Waals surface area (Å²) < 4.78 is 0. The molecule has 0 spiro atoms. The Bertz CT molecular complexity index is 346. The first-order valence-corrected chi connectivity index (χ1v) is 5.73. The van der Waals surface area contributed by atoms with Crippen molar-refractivity contribution in [3.8, 4) is 5.75 Å². The molecule has 1 aromatic rings. The van der Waals surface area contributed by atoms with E-state index in [2.05, 4.69) is 18.7 Å². The van der Waals surface area contributed by atoms with E-state index >= 15 is 0 Å². The highest BCUT2D eigenvalue weighted by Crippen LogP contribution is 2.25. The molecule has 1 aromatic carbocycles. The number of aldehydes is 1. The molecule has 0 heterocycles. The van der Waals surface area contributed by atoms with Crippen molar-refractivity contribution < 1.29 is 9.90 Å². The van der Waals surface area contributed by atoms with E-state index in [1.54, 1.807) is 6.07 Å². The maximum Gasteiger partial charge on any atom is 0.120 e.